The fraction of sp³-hybridized carbons (Fsp3) is 0.480. The zero-order valence-corrected chi connectivity index (χ0v) is 40.5. The van der Waals surface area contributed by atoms with Crippen molar-refractivity contribution in [2.45, 2.75) is 64.5 Å². The number of aromatic nitrogens is 3. The standard InChI is InChI=1S/C50H60N10O12/c1-31-36-28-54-41(26-38(36)59(33-6-3-4-7-33)49(67)45(31)32(2)61)55-40-12-10-34(27-53-40)58-18-16-57(17-19-58)29-43(63)51-14-20-69-22-24-71-25-23-70-21-15-52-44(64)30-72-39-9-5-8-35-46(39)50(68)60(48(35)66)37-11-13-42(62)56-47(37)65/h5,8-10,12,26-28,33,37H,3-4,6-7,11,13-25,29-30H2,1-2H3,(H,51,63)(H,52,64)(H,53,54,55)(H,56,62,65). The van der Waals surface area contributed by atoms with E-state index in [0.717, 1.165) is 60.3 Å². The molecule has 0 radical (unpaired) electrons. The molecule has 4 N–H and O–H groups in total. The summed E-state index contributed by atoms with van der Waals surface area (Å²) in [7, 11) is 0. The Morgan fingerprint density at radius 3 is 2.12 bits per heavy atom. The van der Waals surface area contributed by atoms with E-state index in [0.29, 0.717) is 63.3 Å². The average Bonchev–Trinajstić information content (AvgIpc) is 3.98. The predicted octanol–water partition coefficient (Wildman–Crippen LogP) is 2.05. The molecule has 0 bridgehead atoms. The Hall–Kier alpha value is -7.14. The number of nitrogens with one attached hydrogen (secondary N) is 4. The lowest BCUT2D eigenvalue weighted by molar-refractivity contribution is -0.136. The molecule has 1 atom stereocenters. The number of nitrogens with zero attached hydrogens (tertiary/aromatic N) is 6. The maximum atomic E-state index is 13.6. The maximum Gasteiger partial charge on any atom is 0.266 e. The first-order chi connectivity index (χ1) is 34.9. The minimum Gasteiger partial charge on any atom is -0.483 e. The van der Waals surface area contributed by atoms with Crippen LogP contribution in [0.15, 0.2) is 53.6 Å². The van der Waals surface area contributed by atoms with Gasteiger partial charge in [-0.05, 0) is 62.9 Å². The van der Waals surface area contributed by atoms with Crippen molar-refractivity contribution in [3.63, 3.8) is 0 Å². The van der Waals surface area contributed by atoms with Crippen LogP contribution in [0, 0.1) is 6.92 Å². The van der Waals surface area contributed by atoms with Crippen LogP contribution in [0.1, 0.15) is 88.1 Å². The fourth-order valence-corrected chi connectivity index (χ4v) is 9.53. The number of ether oxygens (including phenoxy) is 4. The van der Waals surface area contributed by atoms with Crippen LogP contribution in [0.5, 0.6) is 5.75 Å². The molecule has 8 rings (SSSR count). The van der Waals surface area contributed by atoms with Crippen molar-refractivity contribution in [3.8, 4) is 5.75 Å². The van der Waals surface area contributed by atoms with E-state index in [1.54, 1.807) is 10.8 Å². The number of piperazine rings is 1. The number of amides is 6. The molecule has 1 aromatic carbocycles. The zero-order chi connectivity index (χ0) is 50.7. The molecule has 6 heterocycles. The number of rotatable bonds is 23. The fourth-order valence-electron chi connectivity index (χ4n) is 9.53. The largest absolute Gasteiger partial charge is 0.483 e. The number of ketones is 1. The molecular formula is C50H60N10O12. The Balaban J connectivity index is 0.643. The highest BCUT2D eigenvalue weighted by atomic mass is 16.5. The molecule has 22 nitrogen and oxygen atoms in total. The third-order valence-electron chi connectivity index (χ3n) is 13.2. The van der Waals surface area contributed by atoms with E-state index in [2.05, 4.69) is 41.0 Å². The highest BCUT2D eigenvalue weighted by molar-refractivity contribution is 6.24. The first-order valence-electron chi connectivity index (χ1n) is 24.4. The summed E-state index contributed by atoms with van der Waals surface area (Å²) in [6, 6.07) is 9.12. The van der Waals surface area contributed by atoms with Gasteiger partial charge in [0.15, 0.2) is 12.4 Å². The van der Waals surface area contributed by atoms with Crippen LogP contribution in [-0.2, 0) is 33.4 Å². The maximum absolute atomic E-state index is 13.6. The van der Waals surface area contributed by atoms with Crippen LogP contribution < -0.4 is 36.5 Å². The molecule has 3 aromatic heterocycles. The molecule has 2 saturated heterocycles. The van der Waals surface area contributed by atoms with Crippen molar-refractivity contribution in [1.29, 1.82) is 0 Å². The van der Waals surface area contributed by atoms with Crippen LogP contribution in [0.3, 0.4) is 0 Å². The number of pyridine rings is 3. The van der Waals surface area contributed by atoms with E-state index in [9.17, 15) is 38.4 Å². The van der Waals surface area contributed by atoms with Gasteiger partial charge < -0.3 is 44.4 Å². The number of carbonyl (C=O) groups excluding carboxylic acids is 7. The summed E-state index contributed by atoms with van der Waals surface area (Å²) in [5.41, 5.74) is 2.40. The lowest BCUT2D eigenvalue weighted by Crippen LogP contribution is -2.54. The molecule has 22 heteroatoms. The SMILES string of the molecule is CC(=O)c1c(C)c2cnc(Nc3ccc(N4CCN(CC(=O)NCCOCCOCCOCCNC(=O)COc5cccc6c5C(=O)N(C5CCC(=O)NC5=O)C6=O)CC4)cn3)cc2n(C2CCCC2)c1=O. The molecule has 4 aromatic rings. The molecule has 1 aliphatic carbocycles. The second-order valence-electron chi connectivity index (χ2n) is 18.0. The number of hydrogen-bond acceptors (Lipinski definition) is 17. The Labute approximate surface area is 415 Å². The monoisotopic (exact) mass is 992 g/mol. The Morgan fingerprint density at radius 1 is 0.778 bits per heavy atom. The molecule has 382 valence electrons. The van der Waals surface area contributed by atoms with Gasteiger partial charge in [0.2, 0.25) is 17.7 Å². The zero-order valence-electron chi connectivity index (χ0n) is 40.5. The number of anilines is 3. The van der Waals surface area contributed by atoms with E-state index in [-0.39, 0.29) is 84.9 Å². The van der Waals surface area contributed by atoms with E-state index in [1.807, 2.05) is 31.3 Å². The van der Waals surface area contributed by atoms with Crippen molar-refractivity contribution < 1.29 is 52.5 Å². The molecule has 1 saturated carbocycles. The first kappa shape index (κ1) is 51.2. The number of hydrogen-bond donors (Lipinski definition) is 4. The van der Waals surface area contributed by atoms with E-state index >= 15 is 0 Å². The minimum atomic E-state index is -1.11. The molecule has 72 heavy (non-hydrogen) atoms. The van der Waals surface area contributed by atoms with Gasteiger partial charge in [0.1, 0.15) is 23.4 Å². The van der Waals surface area contributed by atoms with Crippen LogP contribution in [0.2, 0.25) is 0 Å². The second kappa shape index (κ2) is 23.8. The topological polar surface area (TPSA) is 262 Å². The van der Waals surface area contributed by atoms with Crippen LogP contribution >= 0.6 is 0 Å². The summed E-state index contributed by atoms with van der Waals surface area (Å²) in [5, 5.41) is 11.8. The van der Waals surface area contributed by atoms with Crippen LogP contribution in [0.25, 0.3) is 10.9 Å². The highest BCUT2D eigenvalue weighted by Crippen LogP contribution is 2.35. The Bertz CT molecular complexity index is 2750. The van der Waals surface area contributed by atoms with E-state index < -0.39 is 42.2 Å². The van der Waals surface area contributed by atoms with Gasteiger partial charge in [0.05, 0.1) is 80.3 Å². The number of piperidine rings is 1. The van der Waals surface area contributed by atoms with Gasteiger partial charge in [-0.3, -0.25) is 53.5 Å². The molecule has 6 amide bonds. The van der Waals surface area contributed by atoms with E-state index in [4.69, 9.17) is 18.9 Å². The smallest absolute Gasteiger partial charge is 0.266 e. The summed E-state index contributed by atoms with van der Waals surface area (Å²) < 4.78 is 24.0. The second-order valence-corrected chi connectivity index (χ2v) is 18.0. The summed E-state index contributed by atoms with van der Waals surface area (Å²) in [4.78, 5) is 116. The molecule has 3 fully saturated rings. The lowest BCUT2D eigenvalue weighted by atomic mass is 10.0. The van der Waals surface area contributed by atoms with Crippen molar-refractivity contribution in [1.82, 2.24) is 40.3 Å². The lowest BCUT2D eigenvalue weighted by Gasteiger charge is -2.35. The third kappa shape index (κ3) is 12.1. The van der Waals surface area contributed by atoms with E-state index in [1.165, 1.54) is 25.1 Å². The molecular weight excluding hydrogens is 933 g/mol. The van der Waals surface area contributed by atoms with Crippen LogP contribution in [0.4, 0.5) is 17.3 Å². The Kier molecular flexibility index (Phi) is 17.0. The van der Waals surface area contributed by atoms with Crippen molar-refractivity contribution in [2.24, 2.45) is 0 Å². The van der Waals surface area contributed by atoms with Gasteiger partial charge >= 0.3 is 0 Å². The van der Waals surface area contributed by atoms with Crippen molar-refractivity contribution >= 4 is 69.5 Å². The van der Waals surface area contributed by atoms with Crippen molar-refractivity contribution in [3.05, 3.63) is 81.4 Å². The first-order valence-corrected chi connectivity index (χ1v) is 24.4. The summed E-state index contributed by atoms with van der Waals surface area (Å²) >= 11 is 0. The Morgan fingerprint density at radius 2 is 1.46 bits per heavy atom. The van der Waals surface area contributed by atoms with Gasteiger partial charge in [0, 0.05) is 69.4 Å². The third-order valence-corrected chi connectivity index (χ3v) is 13.2. The van der Waals surface area contributed by atoms with Crippen molar-refractivity contribution in [2.75, 3.05) is 102 Å². The average molecular weight is 993 g/mol. The minimum absolute atomic E-state index is 0.000221. The highest BCUT2D eigenvalue weighted by Gasteiger charge is 2.46. The van der Waals surface area contributed by atoms with Gasteiger partial charge in [-0.2, -0.15) is 0 Å². The normalized spacial score (nSPS) is 17.3. The summed E-state index contributed by atoms with van der Waals surface area (Å²) in [6.45, 7) is 8.40. The number of fused-ring (bicyclic) bond motifs is 2. The van der Waals surface area contributed by atoms with Gasteiger partial charge in [-0.1, -0.05) is 18.9 Å². The number of aryl methyl sites for hydroxylation is 1. The number of Topliss-reactive ketones (excluding diaryl/α,β-unsaturated/α-hetero) is 1. The molecule has 3 aliphatic heterocycles. The predicted molar refractivity (Wildman–Crippen MR) is 262 cm³/mol. The number of benzene rings is 1. The molecule has 0 spiro atoms. The molecule has 4 aliphatic rings. The molecule has 1 unspecified atom stereocenters. The summed E-state index contributed by atoms with van der Waals surface area (Å²) in [5.74, 6) is -2.17. The quantitative estimate of drug-likeness (QED) is 0.0471. The number of imide groups is 2. The van der Waals surface area contributed by atoms with Gasteiger partial charge in [0.25, 0.3) is 23.3 Å². The summed E-state index contributed by atoms with van der Waals surface area (Å²) in [6.07, 6.45) is 7.46. The number of carbonyl (C=O) groups is 7. The van der Waals surface area contributed by atoms with Crippen LogP contribution in [-0.4, -0.2) is 164 Å². The van der Waals surface area contributed by atoms with Gasteiger partial charge in [-0.15, -0.1) is 0 Å². The van der Waals surface area contributed by atoms with Gasteiger partial charge in [-0.25, -0.2) is 9.97 Å².